The lowest BCUT2D eigenvalue weighted by Gasteiger charge is -2.12. The maximum Gasteiger partial charge on any atom is 0.406 e. The van der Waals surface area contributed by atoms with E-state index in [1.165, 1.54) is 54.8 Å². The summed E-state index contributed by atoms with van der Waals surface area (Å²) in [4.78, 5) is 6.33. The maximum atomic E-state index is 11.9. The van der Waals surface area contributed by atoms with Crippen LogP contribution in [-0.2, 0) is 13.6 Å². The molecule has 4 heterocycles. The van der Waals surface area contributed by atoms with Gasteiger partial charge in [-0.05, 0) is 77.0 Å². The predicted octanol–water partition coefficient (Wildman–Crippen LogP) is 11.4. The van der Waals surface area contributed by atoms with Gasteiger partial charge in [0.2, 0.25) is 0 Å². The van der Waals surface area contributed by atoms with Gasteiger partial charge in [-0.15, -0.1) is 0 Å². The second-order valence-electron chi connectivity index (χ2n) is 14.0. The molecule has 4 aromatic rings. The number of halogens is 3. The molecule has 0 unspecified atom stereocenters. The van der Waals surface area contributed by atoms with E-state index < -0.39 is 12.7 Å². The van der Waals surface area contributed by atoms with Crippen LogP contribution in [0.1, 0.15) is 140 Å². The van der Waals surface area contributed by atoms with Crippen LogP contribution in [0, 0.1) is 0 Å². The van der Waals surface area contributed by atoms with E-state index in [0.29, 0.717) is 23.8 Å². The predicted molar refractivity (Wildman–Crippen MR) is 197 cm³/mol. The van der Waals surface area contributed by atoms with E-state index in [4.69, 9.17) is 0 Å². The van der Waals surface area contributed by atoms with Crippen LogP contribution in [0.4, 0.5) is 19.0 Å². The Morgan fingerprint density at radius 1 is 0.729 bits per heavy atom. The largest absolute Gasteiger partial charge is 0.406 e. The highest BCUT2D eigenvalue weighted by molar-refractivity contribution is 5.37. The summed E-state index contributed by atoms with van der Waals surface area (Å²) in [5.74, 6) is 3.11. The zero-order chi connectivity index (χ0) is 35.3. The average Bonchev–Trinajstić information content (AvgIpc) is 3.81. The summed E-state index contributed by atoms with van der Waals surface area (Å²) in [5, 5.41) is 4.44. The summed E-state index contributed by atoms with van der Waals surface area (Å²) >= 11 is 0. The molecule has 0 amide bonds. The molecule has 9 heteroatoms. The van der Waals surface area contributed by atoms with Crippen LogP contribution in [-0.4, -0.2) is 44.2 Å². The molecule has 1 saturated carbocycles. The molecule has 0 N–H and O–H groups in total. The van der Waals surface area contributed by atoms with Gasteiger partial charge >= 0.3 is 6.18 Å². The van der Waals surface area contributed by atoms with E-state index in [-0.39, 0.29) is 13.3 Å². The first-order valence-electron chi connectivity index (χ1n) is 17.0. The first kappa shape index (κ1) is 42.5. The summed E-state index contributed by atoms with van der Waals surface area (Å²) in [6.45, 7) is 16.2. The van der Waals surface area contributed by atoms with Crippen LogP contribution in [0.5, 0.6) is 0 Å². The number of rotatable bonds is 7. The third-order valence-corrected chi connectivity index (χ3v) is 8.21. The fourth-order valence-corrected chi connectivity index (χ4v) is 5.00. The van der Waals surface area contributed by atoms with Crippen molar-refractivity contribution in [2.24, 2.45) is 7.05 Å². The zero-order valence-corrected chi connectivity index (χ0v) is 30.6. The minimum atomic E-state index is -4.13. The van der Waals surface area contributed by atoms with Crippen molar-refractivity contribution in [3.05, 3.63) is 89.9 Å². The first-order chi connectivity index (χ1) is 22.0. The Morgan fingerprint density at radius 2 is 1.27 bits per heavy atom. The van der Waals surface area contributed by atoms with Gasteiger partial charge in [0.1, 0.15) is 12.4 Å². The number of hydrogen-bond acceptors (Lipinski definition) is 3. The molecule has 270 valence electrons. The molecule has 1 aliphatic rings. The monoisotopic (exact) mass is 673 g/mol. The van der Waals surface area contributed by atoms with Gasteiger partial charge in [-0.2, -0.15) is 18.3 Å². The van der Waals surface area contributed by atoms with Gasteiger partial charge in [0.25, 0.3) is 0 Å². The molecule has 1 aliphatic carbocycles. The van der Waals surface area contributed by atoms with Crippen molar-refractivity contribution < 1.29 is 13.2 Å². The summed E-state index contributed by atoms with van der Waals surface area (Å²) in [6, 6.07) is 8.75. The van der Waals surface area contributed by atoms with Crippen LogP contribution in [0.3, 0.4) is 0 Å². The summed E-state index contributed by atoms with van der Waals surface area (Å²) in [5.41, 5.74) is 5.01. The Balaban J connectivity index is 0.000000321. The normalized spacial score (nSPS) is 13.0. The molecule has 1 fully saturated rings. The van der Waals surface area contributed by atoms with Gasteiger partial charge in [0.15, 0.2) is 0 Å². The lowest BCUT2D eigenvalue weighted by Crippen LogP contribution is -2.16. The first-order valence-corrected chi connectivity index (χ1v) is 17.0. The Morgan fingerprint density at radius 3 is 1.65 bits per heavy atom. The molecule has 5 rings (SSSR count). The molecule has 0 saturated heterocycles. The molecule has 0 bridgehead atoms. The van der Waals surface area contributed by atoms with Crippen LogP contribution < -0.4 is 4.90 Å². The highest BCUT2D eigenvalue weighted by Gasteiger charge is 2.27. The number of aryl methyl sites for hydroxylation is 1. The topological polar surface area (TPSA) is 43.8 Å². The van der Waals surface area contributed by atoms with Crippen LogP contribution in [0.15, 0.2) is 67.6 Å². The fourth-order valence-electron chi connectivity index (χ4n) is 5.00. The van der Waals surface area contributed by atoms with Crippen LogP contribution in [0.25, 0.3) is 0 Å². The van der Waals surface area contributed by atoms with Crippen molar-refractivity contribution in [2.75, 3.05) is 19.0 Å². The number of aromatic nitrogens is 5. The summed E-state index contributed by atoms with van der Waals surface area (Å²) in [6.07, 6.45) is 14.7. The third-order valence-electron chi connectivity index (χ3n) is 8.21. The van der Waals surface area contributed by atoms with Crippen LogP contribution >= 0.6 is 0 Å². The van der Waals surface area contributed by atoms with E-state index in [9.17, 15) is 13.2 Å². The second kappa shape index (κ2) is 20.1. The van der Waals surface area contributed by atoms with Crippen LogP contribution in [0.2, 0.25) is 0 Å². The zero-order valence-electron chi connectivity index (χ0n) is 30.6. The van der Waals surface area contributed by atoms with Crippen molar-refractivity contribution in [1.82, 2.24) is 23.9 Å². The van der Waals surface area contributed by atoms with E-state index in [1.807, 2.05) is 52.3 Å². The number of nitrogens with zero attached hydrogens (tertiary/aromatic N) is 6. The van der Waals surface area contributed by atoms with E-state index >= 15 is 0 Å². The Labute approximate surface area is 289 Å². The SMILES string of the molecule is C.CC(C)c1ccc(N(C)C)nc1.CC(C)c1ccn(C)c1.CC(C)c1ccn(CC(F)(F)F)c1.CC(C)c1cnn(C2CCCC2)c1. The molecular weight excluding hydrogens is 609 g/mol. The minimum Gasteiger partial charge on any atom is -0.363 e. The minimum absolute atomic E-state index is 0. The molecule has 0 radical (unpaired) electrons. The van der Waals surface area contributed by atoms with Gasteiger partial charge in [0, 0.05) is 58.3 Å². The van der Waals surface area contributed by atoms with Gasteiger partial charge in [-0.25, -0.2) is 4.98 Å². The maximum absolute atomic E-state index is 11.9. The molecule has 0 aromatic carbocycles. The Kier molecular flexibility index (Phi) is 17.8. The molecule has 0 aliphatic heterocycles. The standard InChI is InChI=1S/C11H18N2.C10H16N2.C9H12F3N.C8H13N.CH4/c1-9(2)10-7-12-13(8-10)11-5-3-4-6-11;1-8(2)9-5-6-10(11-7-9)12(3)4;1-7(2)8-3-4-13(5-8)6-9(10,11)12;1-7(2)8-4-5-9(3)6-8;/h7-9,11H,3-6H2,1-2H3;5-8H,1-4H3;3-5,7H,6H2,1-2H3;4-7H,1-3H3;1H4. The molecule has 0 atom stereocenters. The van der Waals surface area contributed by atoms with Crippen molar-refractivity contribution >= 4 is 5.82 Å². The number of hydrogen-bond donors (Lipinski definition) is 0. The number of alkyl halides is 3. The van der Waals surface area contributed by atoms with Gasteiger partial charge in [0.05, 0.1) is 12.2 Å². The van der Waals surface area contributed by atoms with E-state index in [2.05, 4.69) is 97.7 Å². The fraction of sp³-hybridized carbons (Fsp3) is 0.590. The molecule has 4 aromatic heterocycles. The van der Waals surface area contributed by atoms with Gasteiger partial charge in [-0.1, -0.05) is 81.7 Å². The summed E-state index contributed by atoms with van der Waals surface area (Å²) < 4.78 is 41.2. The quantitative estimate of drug-likeness (QED) is 0.196. The molecular formula is C39H63F3N6. The summed E-state index contributed by atoms with van der Waals surface area (Å²) in [7, 11) is 6.04. The van der Waals surface area contributed by atoms with E-state index in [1.54, 1.807) is 6.07 Å². The van der Waals surface area contributed by atoms with Gasteiger partial charge < -0.3 is 14.0 Å². The highest BCUT2D eigenvalue weighted by Crippen LogP contribution is 2.29. The van der Waals surface area contributed by atoms with E-state index in [0.717, 1.165) is 15.9 Å². The van der Waals surface area contributed by atoms with Crippen molar-refractivity contribution in [1.29, 1.82) is 0 Å². The molecule has 6 nitrogen and oxygen atoms in total. The van der Waals surface area contributed by atoms with Gasteiger partial charge in [-0.3, -0.25) is 4.68 Å². The number of pyridine rings is 1. The lowest BCUT2D eigenvalue weighted by atomic mass is 10.1. The Hall–Kier alpha value is -3.49. The Bertz CT molecular complexity index is 1370. The molecule has 0 spiro atoms. The average molecular weight is 673 g/mol. The second-order valence-corrected chi connectivity index (χ2v) is 14.0. The smallest absolute Gasteiger partial charge is 0.363 e. The van der Waals surface area contributed by atoms with Crippen molar-refractivity contribution in [2.45, 2.75) is 131 Å². The molecule has 48 heavy (non-hydrogen) atoms. The highest BCUT2D eigenvalue weighted by atomic mass is 19.4. The third kappa shape index (κ3) is 15.2. The lowest BCUT2D eigenvalue weighted by molar-refractivity contribution is -0.140. The van der Waals surface area contributed by atoms with Crippen molar-refractivity contribution in [3.8, 4) is 0 Å². The van der Waals surface area contributed by atoms with Crippen molar-refractivity contribution in [3.63, 3.8) is 0 Å². The number of anilines is 1.